The van der Waals surface area contributed by atoms with E-state index in [1.54, 1.807) is 10.9 Å². The van der Waals surface area contributed by atoms with Gasteiger partial charge in [-0.05, 0) is 40.3 Å². The molecule has 0 saturated carbocycles. The summed E-state index contributed by atoms with van der Waals surface area (Å²) in [5.74, 6) is 0. The van der Waals surface area contributed by atoms with Crippen LogP contribution in [0.25, 0.3) is 10.9 Å². The van der Waals surface area contributed by atoms with Crippen molar-refractivity contribution in [2.24, 2.45) is 0 Å². The number of hydrogen-bond donors (Lipinski definition) is 0. The molecule has 1 saturated heterocycles. The summed E-state index contributed by atoms with van der Waals surface area (Å²) in [5.41, 5.74) is 5.50. The zero-order chi connectivity index (χ0) is 21.9. The molecule has 0 aromatic heterocycles. The molecular formula is C22H15O5PW. The van der Waals surface area contributed by atoms with Gasteiger partial charge in [0, 0.05) is 21.1 Å². The van der Waals surface area contributed by atoms with Crippen molar-refractivity contribution in [3.8, 4) is 0 Å². The van der Waals surface area contributed by atoms with Gasteiger partial charge in [-0.25, -0.2) is 0 Å². The van der Waals surface area contributed by atoms with E-state index in [9.17, 15) is 0 Å². The standard InChI is InChI=1S/C17H15P.5CO.W/c1-3-7-13(8-4-1)16-11-15-12-18(15)17(16)14-9-5-2-6-10-14;5*1-2;/h1-10,15H,11-12H2;;;;;;. The summed E-state index contributed by atoms with van der Waals surface area (Å²) in [4.78, 5) is 0. The number of benzene rings is 2. The van der Waals surface area contributed by atoms with Crippen molar-refractivity contribution in [3.05, 3.63) is 105 Å². The molecule has 2 aliphatic heterocycles. The fourth-order valence-corrected chi connectivity index (χ4v) is 5.70. The molecule has 2 atom stereocenters. The Balaban J connectivity index is -0.000000545. The SMILES string of the molecule is [C-]#[O+].[C-]#[O+].[C-]#[O+].[C-]#[O+].[C-]#[O+].[W].c1ccc(C2=C(c3ccccc3)P3CC3C2)cc1. The van der Waals surface area contributed by atoms with E-state index in [1.165, 1.54) is 23.7 Å². The molecular weight excluding hydrogens is 559 g/mol. The zero-order valence-electron chi connectivity index (χ0n) is 15.2. The van der Waals surface area contributed by atoms with Crippen LogP contribution in [-0.2, 0) is 44.3 Å². The maximum absolute atomic E-state index is 7.50. The van der Waals surface area contributed by atoms with Crippen molar-refractivity contribution in [1.82, 2.24) is 0 Å². The van der Waals surface area contributed by atoms with Crippen LogP contribution < -0.4 is 0 Å². The van der Waals surface area contributed by atoms with Gasteiger partial charge in [0.2, 0.25) is 0 Å². The normalized spacial score (nSPS) is 15.9. The van der Waals surface area contributed by atoms with Crippen molar-refractivity contribution in [3.63, 3.8) is 0 Å². The van der Waals surface area contributed by atoms with Crippen LogP contribution in [0.1, 0.15) is 17.5 Å². The second-order valence-corrected chi connectivity index (χ2v) is 7.55. The Labute approximate surface area is 186 Å². The molecule has 2 aromatic carbocycles. The summed E-state index contributed by atoms with van der Waals surface area (Å²) in [7, 11) is 0.179. The monoisotopic (exact) mass is 574 g/mol. The Morgan fingerprint density at radius 2 is 1.00 bits per heavy atom. The summed E-state index contributed by atoms with van der Waals surface area (Å²) in [6.45, 7) is 22.5. The van der Waals surface area contributed by atoms with Gasteiger partial charge in [0.25, 0.3) is 0 Å². The van der Waals surface area contributed by atoms with E-state index in [1.807, 2.05) is 0 Å². The minimum atomic E-state index is 0. The molecule has 0 spiro atoms. The zero-order valence-corrected chi connectivity index (χ0v) is 19.0. The van der Waals surface area contributed by atoms with E-state index in [2.05, 4.69) is 93.9 Å². The fraction of sp³-hybridized carbons (Fsp3) is 0.136. The molecule has 2 heterocycles. The first kappa shape index (κ1) is 31.7. The van der Waals surface area contributed by atoms with Crippen molar-refractivity contribution < 1.29 is 44.3 Å². The fourth-order valence-electron chi connectivity index (χ4n) is 2.96. The second kappa shape index (κ2) is 20.7. The minimum absolute atomic E-state index is 0. The number of allylic oxidation sites excluding steroid dienone is 1. The predicted octanol–water partition coefficient (Wildman–Crippen LogP) is 4.63. The van der Waals surface area contributed by atoms with Crippen LogP contribution in [-0.4, -0.2) is 11.8 Å². The molecule has 7 heteroatoms. The van der Waals surface area contributed by atoms with Crippen LogP contribution in [0.2, 0.25) is 0 Å². The van der Waals surface area contributed by atoms with Crippen molar-refractivity contribution in [2.45, 2.75) is 12.1 Å². The number of hydrogen-bond acceptors (Lipinski definition) is 0. The topological polar surface area (TPSA) is 99.5 Å². The third-order valence-electron chi connectivity index (χ3n) is 3.90. The minimum Gasteiger partial charge on any atom is -0.0698 e. The summed E-state index contributed by atoms with van der Waals surface area (Å²) >= 11 is 0. The number of rotatable bonds is 2. The first-order valence-corrected chi connectivity index (χ1v) is 9.16. The summed E-state index contributed by atoms with van der Waals surface area (Å²) in [6.07, 6.45) is 2.77. The molecule has 2 unspecified atom stereocenters. The third kappa shape index (κ3) is 9.36. The quantitative estimate of drug-likeness (QED) is 0.284. The Morgan fingerprint density at radius 3 is 1.41 bits per heavy atom. The van der Waals surface area contributed by atoms with Gasteiger partial charge in [-0.3, -0.25) is 0 Å². The van der Waals surface area contributed by atoms with Gasteiger partial charge in [0.15, 0.2) is 0 Å². The molecule has 0 N–H and O–H groups in total. The van der Waals surface area contributed by atoms with Crippen LogP contribution in [0.15, 0.2) is 60.7 Å². The van der Waals surface area contributed by atoms with Crippen LogP contribution in [0.4, 0.5) is 0 Å². The molecule has 0 bridgehead atoms. The van der Waals surface area contributed by atoms with Gasteiger partial charge in [0.05, 0.1) is 0 Å². The van der Waals surface area contributed by atoms with Gasteiger partial charge in [0.1, 0.15) is 0 Å². The Kier molecular flexibility index (Phi) is 22.6. The van der Waals surface area contributed by atoms with Gasteiger partial charge >= 0.3 is 56.5 Å². The summed E-state index contributed by atoms with van der Waals surface area (Å²) in [6, 6.07) is 21.9. The maximum atomic E-state index is 7.50. The van der Waals surface area contributed by atoms with Crippen molar-refractivity contribution in [2.75, 3.05) is 6.16 Å². The number of fused-ring (bicyclic) bond motifs is 1. The summed E-state index contributed by atoms with van der Waals surface area (Å²) in [5, 5.41) is 1.68. The van der Waals surface area contributed by atoms with E-state index < -0.39 is 0 Å². The largest absolute Gasteiger partial charge is 0.0698 e. The van der Waals surface area contributed by atoms with E-state index in [0.29, 0.717) is 0 Å². The molecule has 0 radical (unpaired) electrons. The second-order valence-electron chi connectivity index (χ2n) is 5.07. The molecule has 2 aromatic rings. The Bertz CT molecular complexity index is 788. The van der Waals surface area contributed by atoms with E-state index in [4.69, 9.17) is 23.3 Å². The smallest absolute Gasteiger partial charge is 0 e. The van der Waals surface area contributed by atoms with E-state index in [-0.39, 0.29) is 29.0 Å². The van der Waals surface area contributed by atoms with Crippen LogP contribution in [0.3, 0.4) is 0 Å². The van der Waals surface area contributed by atoms with E-state index >= 15 is 0 Å². The molecule has 29 heavy (non-hydrogen) atoms. The van der Waals surface area contributed by atoms with Gasteiger partial charge < -0.3 is 0 Å². The predicted molar refractivity (Wildman–Crippen MR) is 99.5 cm³/mol. The van der Waals surface area contributed by atoms with Crippen molar-refractivity contribution in [1.29, 1.82) is 0 Å². The maximum Gasteiger partial charge on any atom is 0 e. The summed E-state index contributed by atoms with van der Waals surface area (Å²) < 4.78 is 37.5. The molecule has 144 valence electrons. The Morgan fingerprint density at radius 1 is 0.621 bits per heavy atom. The average Bonchev–Trinajstić information content (AvgIpc) is 3.51. The van der Waals surface area contributed by atoms with E-state index in [0.717, 1.165) is 5.66 Å². The molecule has 2 aliphatic rings. The Hall–Kier alpha value is -2.00. The first-order valence-electron chi connectivity index (χ1n) is 7.56. The van der Waals surface area contributed by atoms with Crippen LogP contribution in [0.5, 0.6) is 0 Å². The van der Waals surface area contributed by atoms with Crippen molar-refractivity contribution >= 4 is 18.8 Å². The third-order valence-corrected chi connectivity index (χ3v) is 6.61. The van der Waals surface area contributed by atoms with Gasteiger partial charge in [-0.15, -0.1) is 0 Å². The molecule has 0 aliphatic carbocycles. The van der Waals surface area contributed by atoms with Crippen LogP contribution >= 0.6 is 7.92 Å². The molecule has 0 amide bonds. The molecule has 5 nitrogen and oxygen atoms in total. The molecule has 4 rings (SSSR count). The molecule has 1 fully saturated rings. The van der Waals surface area contributed by atoms with Crippen LogP contribution in [0, 0.1) is 33.3 Å². The van der Waals surface area contributed by atoms with Gasteiger partial charge in [-0.1, -0.05) is 68.6 Å². The van der Waals surface area contributed by atoms with Gasteiger partial charge in [-0.2, -0.15) is 0 Å². The average molecular weight is 574 g/mol. The first-order chi connectivity index (χ1) is 13.9.